The van der Waals surface area contributed by atoms with Crippen LogP contribution in [0.3, 0.4) is 0 Å². The van der Waals surface area contributed by atoms with Gasteiger partial charge in [0.1, 0.15) is 0 Å². The number of carbonyl (C=O) groups excluding carboxylic acids is 1. The molecule has 2 N–H and O–H groups in total. The number of carbonyl (C=O) groups is 1. The summed E-state index contributed by atoms with van der Waals surface area (Å²) in [5.74, 6) is -0.0528. The van der Waals surface area contributed by atoms with Gasteiger partial charge in [-0.3, -0.25) is 9.69 Å². The summed E-state index contributed by atoms with van der Waals surface area (Å²) in [4.78, 5) is 15.2. The van der Waals surface area contributed by atoms with Crippen LogP contribution in [0.1, 0.15) is 22.3 Å². The molecule has 0 spiro atoms. The van der Waals surface area contributed by atoms with Gasteiger partial charge in [0.25, 0.3) is 5.91 Å². The molecular weight excluding hydrogens is 362 g/mol. The SMILES string of the molecule is O=C(N[C@@H]1CCN(Cc2ccccc2)C[C@@H]1CO)c1cccc(-n2cccc2)c1. The van der Waals surface area contributed by atoms with E-state index in [1.54, 1.807) is 0 Å². The number of piperidine rings is 1. The second-order valence-corrected chi connectivity index (χ2v) is 7.67. The highest BCUT2D eigenvalue weighted by molar-refractivity contribution is 5.95. The third-order valence-electron chi connectivity index (χ3n) is 5.63. The van der Waals surface area contributed by atoms with Crippen LogP contribution in [0.5, 0.6) is 0 Å². The highest BCUT2D eigenvalue weighted by Gasteiger charge is 2.30. The van der Waals surface area contributed by atoms with Gasteiger partial charge in [-0.2, -0.15) is 0 Å². The molecule has 1 aliphatic heterocycles. The third-order valence-corrected chi connectivity index (χ3v) is 5.63. The van der Waals surface area contributed by atoms with E-state index in [2.05, 4.69) is 22.3 Å². The van der Waals surface area contributed by atoms with Crippen LogP contribution in [0.4, 0.5) is 0 Å². The first kappa shape index (κ1) is 19.4. The Balaban J connectivity index is 1.39. The lowest BCUT2D eigenvalue weighted by Crippen LogP contribution is -2.51. The normalized spacial score (nSPS) is 19.8. The topological polar surface area (TPSA) is 57.5 Å². The molecule has 150 valence electrons. The van der Waals surface area contributed by atoms with E-state index in [0.29, 0.717) is 5.56 Å². The van der Waals surface area contributed by atoms with Gasteiger partial charge in [0.2, 0.25) is 0 Å². The molecule has 3 aromatic rings. The lowest BCUT2D eigenvalue weighted by atomic mass is 9.92. The molecular formula is C24H27N3O2. The molecule has 5 nitrogen and oxygen atoms in total. The van der Waals surface area contributed by atoms with Crippen molar-refractivity contribution in [2.24, 2.45) is 5.92 Å². The fraction of sp³-hybridized carbons (Fsp3) is 0.292. The molecule has 0 radical (unpaired) electrons. The summed E-state index contributed by atoms with van der Waals surface area (Å²) in [6.07, 6.45) is 4.75. The first-order chi connectivity index (χ1) is 14.2. The number of rotatable bonds is 6. The average molecular weight is 389 g/mol. The van der Waals surface area contributed by atoms with Crippen LogP contribution >= 0.6 is 0 Å². The van der Waals surface area contributed by atoms with Crippen molar-refractivity contribution in [3.8, 4) is 5.69 Å². The van der Waals surface area contributed by atoms with Crippen LogP contribution in [0.25, 0.3) is 5.69 Å². The van der Waals surface area contributed by atoms with Crippen molar-refractivity contribution < 1.29 is 9.90 Å². The molecule has 4 rings (SSSR count). The molecule has 2 heterocycles. The summed E-state index contributed by atoms with van der Waals surface area (Å²) in [5, 5.41) is 13.1. The maximum absolute atomic E-state index is 12.9. The van der Waals surface area contributed by atoms with Crippen LogP contribution in [-0.2, 0) is 6.54 Å². The second-order valence-electron chi connectivity index (χ2n) is 7.67. The number of nitrogens with one attached hydrogen (secondary N) is 1. The quantitative estimate of drug-likeness (QED) is 0.681. The van der Waals surface area contributed by atoms with Gasteiger partial charge >= 0.3 is 0 Å². The molecule has 0 aliphatic carbocycles. The Hall–Kier alpha value is -2.89. The summed E-state index contributed by atoms with van der Waals surface area (Å²) in [6, 6.07) is 21.9. The third kappa shape index (κ3) is 4.75. The number of amides is 1. The van der Waals surface area contributed by atoms with Crippen LogP contribution in [-0.4, -0.2) is 46.2 Å². The lowest BCUT2D eigenvalue weighted by Gasteiger charge is -2.38. The predicted molar refractivity (Wildman–Crippen MR) is 114 cm³/mol. The number of aliphatic hydroxyl groups is 1. The Morgan fingerprint density at radius 3 is 2.59 bits per heavy atom. The molecule has 29 heavy (non-hydrogen) atoms. The molecule has 0 saturated carbocycles. The standard InChI is InChI=1S/C24H27N3O2/c28-18-21-17-26(16-19-7-2-1-3-8-19)14-11-23(21)25-24(29)20-9-6-10-22(15-20)27-12-4-5-13-27/h1-10,12-13,15,21,23,28H,11,14,16-18H2,(H,25,29)/t21-,23-/m1/s1. The van der Waals surface area contributed by atoms with Gasteiger partial charge in [-0.1, -0.05) is 36.4 Å². The fourth-order valence-electron chi connectivity index (χ4n) is 4.03. The van der Waals surface area contributed by atoms with Gasteiger partial charge in [0.05, 0.1) is 0 Å². The Morgan fingerprint density at radius 2 is 1.83 bits per heavy atom. The van der Waals surface area contributed by atoms with Crippen LogP contribution in [0.2, 0.25) is 0 Å². The molecule has 1 saturated heterocycles. The van der Waals surface area contributed by atoms with E-state index in [1.165, 1.54) is 5.56 Å². The Bertz CT molecular complexity index is 924. The minimum Gasteiger partial charge on any atom is -0.396 e. The maximum Gasteiger partial charge on any atom is 0.251 e. The van der Waals surface area contributed by atoms with Crippen LogP contribution < -0.4 is 5.32 Å². The number of likely N-dealkylation sites (tertiary alicyclic amines) is 1. The maximum atomic E-state index is 12.9. The average Bonchev–Trinajstić information content (AvgIpc) is 3.30. The molecule has 5 heteroatoms. The predicted octanol–water partition coefficient (Wildman–Crippen LogP) is 3.09. The van der Waals surface area contributed by atoms with E-state index in [0.717, 1.165) is 31.7 Å². The molecule has 1 fully saturated rings. The minimum absolute atomic E-state index is 0.0187. The summed E-state index contributed by atoms with van der Waals surface area (Å²) < 4.78 is 1.98. The molecule has 1 amide bonds. The van der Waals surface area contributed by atoms with Gasteiger partial charge in [-0.05, 0) is 42.3 Å². The van der Waals surface area contributed by atoms with Crippen molar-refractivity contribution in [2.45, 2.75) is 19.0 Å². The first-order valence-corrected chi connectivity index (χ1v) is 10.1. The van der Waals surface area contributed by atoms with Crippen molar-refractivity contribution in [1.29, 1.82) is 0 Å². The summed E-state index contributed by atoms with van der Waals surface area (Å²) in [6.45, 7) is 2.62. The van der Waals surface area contributed by atoms with Crippen LogP contribution in [0.15, 0.2) is 79.1 Å². The van der Waals surface area contributed by atoms with Crippen molar-refractivity contribution in [3.05, 3.63) is 90.3 Å². The van der Waals surface area contributed by atoms with Crippen molar-refractivity contribution in [3.63, 3.8) is 0 Å². The molecule has 0 bridgehead atoms. The lowest BCUT2D eigenvalue weighted by molar-refractivity contribution is 0.0712. The largest absolute Gasteiger partial charge is 0.396 e. The number of benzene rings is 2. The summed E-state index contributed by atoms with van der Waals surface area (Å²) >= 11 is 0. The molecule has 1 aromatic heterocycles. The van der Waals surface area contributed by atoms with Crippen molar-refractivity contribution >= 4 is 5.91 Å². The van der Waals surface area contributed by atoms with Gasteiger partial charge < -0.3 is 15.0 Å². The van der Waals surface area contributed by atoms with Gasteiger partial charge in [0, 0.05) is 61.8 Å². The zero-order valence-electron chi connectivity index (χ0n) is 16.4. The number of hydrogen-bond acceptors (Lipinski definition) is 3. The fourth-order valence-corrected chi connectivity index (χ4v) is 4.03. The highest BCUT2D eigenvalue weighted by atomic mass is 16.3. The Morgan fingerprint density at radius 1 is 1.03 bits per heavy atom. The zero-order valence-corrected chi connectivity index (χ0v) is 16.4. The molecule has 1 aliphatic rings. The number of aromatic nitrogens is 1. The first-order valence-electron chi connectivity index (χ1n) is 10.1. The van der Waals surface area contributed by atoms with Gasteiger partial charge in [-0.25, -0.2) is 0 Å². The van der Waals surface area contributed by atoms with Gasteiger partial charge in [0.15, 0.2) is 0 Å². The van der Waals surface area contributed by atoms with Crippen molar-refractivity contribution in [1.82, 2.24) is 14.8 Å². The minimum atomic E-state index is -0.0843. The van der Waals surface area contributed by atoms with E-state index in [-0.39, 0.29) is 24.5 Å². The van der Waals surface area contributed by atoms with E-state index in [9.17, 15) is 9.90 Å². The van der Waals surface area contributed by atoms with E-state index in [1.807, 2.05) is 71.6 Å². The van der Waals surface area contributed by atoms with E-state index < -0.39 is 0 Å². The number of aliphatic hydroxyl groups excluding tert-OH is 1. The van der Waals surface area contributed by atoms with E-state index in [4.69, 9.17) is 0 Å². The van der Waals surface area contributed by atoms with Crippen LogP contribution in [0, 0.1) is 5.92 Å². The monoisotopic (exact) mass is 389 g/mol. The highest BCUT2D eigenvalue weighted by Crippen LogP contribution is 2.20. The Kier molecular flexibility index (Phi) is 6.08. The number of nitrogens with zero attached hydrogens (tertiary/aromatic N) is 2. The Labute approximate surface area is 171 Å². The van der Waals surface area contributed by atoms with Gasteiger partial charge in [-0.15, -0.1) is 0 Å². The molecule has 2 atom stereocenters. The van der Waals surface area contributed by atoms with E-state index >= 15 is 0 Å². The zero-order chi connectivity index (χ0) is 20.1. The molecule has 0 unspecified atom stereocenters. The number of hydrogen-bond donors (Lipinski definition) is 2. The molecule has 2 aromatic carbocycles. The van der Waals surface area contributed by atoms with Crippen molar-refractivity contribution in [2.75, 3.05) is 19.7 Å². The summed E-state index contributed by atoms with van der Waals surface area (Å²) in [5.41, 5.74) is 2.87. The summed E-state index contributed by atoms with van der Waals surface area (Å²) in [7, 11) is 0. The smallest absolute Gasteiger partial charge is 0.251 e. The second kappa shape index (κ2) is 9.07.